The summed E-state index contributed by atoms with van der Waals surface area (Å²) >= 11 is 0. The molecular weight excluding hydrogens is 368 g/mol. The first kappa shape index (κ1) is 19.4. The molecule has 0 heterocycles. The van der Waals surface area contributed by atoms with Gasteiger partial charge in [0.2, 0.25) is 9.84 Å². The summed E-state index contributed by atoms with van der Waals surface area (Å²) in [6, 6.07) is 8.06. The topological polar surface area (TPSA) is 86.7 Å². The van der Waals surface area contributed by atoms with Crippen molar-refractivity contribution in [3.05, 3.63) is 53.0 Å². The minimum absolute atomic E-state index is 0.130. The molecule has 0 radical (unpaired) electrons. The van der Waals surface area contributed by atoms with Crippen molar-refractivity contribution in [2.45, 2.75) is 30.6 Å². The van der Waals surface area contributed by atoms with Gasteiger partial charge in [-0.3, -0.25) is 9.59 Å². The lowest BCUT2D eigenvalue weighted by Crippen LogP contribution is -2.46. The van der Waals surface area contributed by atoms with Gasteiger partial charge in [0.05, 0.1) is 24.0 Å². The fourth-order valence-electron chi connectivity index (χ4n) is 3.97. The Labute approximate surface area is 158 Å². The molecular formula is C20H22O6S. The van der Waals surface area contributed by atoms with Crippen LogP contribution in [0.4, 0.5) is 0 Å². The number of hydrogen-bond acceptors (Lipinski definition) is 6. The molecule has 0 N–H and O–H groups in total. The van der Waals surface area contributed by atoms with E-state index in [1.807, 2.05) is 12.2 Å². The molecule has 0 spiro atoms. The van der Waals surface area contributed by atoms with E-state index in [0.717, 1.165) is 12.0 Å². The number of sulfone groups is 1. The van der Waals surface area contributed by atoms with Crippen molar-refractivity contribution in [2.75, 3.05) is 14.2 Å². The van der Waals surface area contributed by atoms with E-state index >= 15 is 0 Å². The third kappa shape index (κ3) is 3.20. The fourth-order valence-corrected chi connectivity index (χ4v) is 5.80. The fraction of sp³-hybridized carbons (Fsp3) is 0.400. The molecule has 0 saturated carbocycles. The second-order valence-electron chi connectivity index (χ2n) is 6.78. The predicted molar refractivity (Wildman–Crippen MR) is 98.2 cm³/mol. The summed E-state index contributed by atoms with van der Waals surface area (Å²) in [4.78, 5) is 25.5. The van der Waals surface area contributed by atoms with Crippen molar-refractivity contribution in [3.8, 4) is 0 Å². The summed E-state index contributed by atoms with van der Waals surface area (Å²) < 4.78 is 36.5. The Morgan fingerprint density at radius 2 is 1.70 bits per heavy atom. The molecule has 1 atom stereocenters. The van der Waals surface area contributed by atoms with Gasteiger partial charge in [0.15, 0.2) is 5.41 Å². The number of carbonyl (C=O) groups excluding carboxylic acids is 2. The summed E-state index contributed by atoms with van der Waals surface area (Å²) in [5.74, 6) is -1.86. The highest BCUT2D eigenvalue weighted by Crippen LogP contribution is 2.50. The number of methoxy groups -OCH3 is 2. The van der Waals surface area contributed by atoms with Gasteiger partial charge in [-0.05, 0) is 37.0 Å². The van der Waals surface area contributed by atoms with E-state index < -0.39 is 27.2 Å². The second-order valence-corrected chi connectivity index (χ2v) is 8.76. The highest BCUT2D eigenvalue weighted by atomic mass is 32.2. The molecule has 0 bridgehead atoms. The average molecular weight is 390 g/mol. The van der Waals surface area contributed by atoms with Gasteiger partial charge in [0.25, 0.3) is 0 Å². The maximum Gasteiger partial charge on any atom is 0.323 e. The normalized spacial score (nSPS) is 21.3. The number of carbonyl (C=O) groups is 2. The Hall–Kier alpha value is -2.41. The van der Waals surface area contributed by atoms with Crippen molar-refractivity contribution in [3.63, 3.8) is 0 Å². The minimum atomic E-state index is -3.86. The summed E-state index contributed by atoms with van der Waals surface area (Å²) in [6.45, 7) is 0. The van der Waals surface area contributed by atoms with Crippen LogP contribution in [0.25, 0.3) is 0 Å². The van der Waals surface area contributed by atoms with Crippen molar-refractivity contribution >= 4 is 21.8 Å². The van der Waals surface area contributed by atoms with Gasteiger partial charge in [-0.15, -0.1) is 0 Å². The number of rotatable bonds is 4. The van der Waals surface area contributed by atoms with E-state index in [1.54, 1.807) is 18.2 Å². The number of allylic oxidation sites excluding steroid dienone is 4. The molecule has 1 aromatic rings. The van der Waals surface area contributed by atoms with Crippen molar-refractivity contribution in [2.24, 2.45) is 11.3 Å². The van der Waals surface area contributed by atoms with Crippen LogP contribution in [0.3, 0.4) is 0 Å². The van der Waals surface area contributed by atoms with Crippen LogP contribution in [0.2, 0.25) is 0 Å². The lowest BCUT2D eigenvalue weighted by molar-refractivity contribution is -0.170. The van der Waals surface area contributed by atoms with E-state index in [-0.39, 0.29) is 28.6 Å². The van der Waals surface area contributed by atoms with E-state index in [4.69, 9.17) is 9.47 Å². The van der Waals surface area contributed by atoms with Crippen molar-refractivity contribution in [1.82, 2.24) is 0 Å². The summed E-state index contributed by atoms with van der Waals surface area (Å²) in [5.41, 5.74) is -0.902. The quantitative estimate of drug-likeness (QED) is 0.446. The standard InChI is InChI=1S/C20H22O6S/c1-25-18(21)20(19(22)26-2)12-14-8-6-7-11-16(14)17(13-20)27(23,24)15-9-4-3-5-10-15/h3-6,8-10,14H,7,11-13H2,1-2H3. The summed E-state index contributed by atoms with van der Waals surface area (Å²) in [6.07, 6.45) is 5.03. The van der Waals surface area contributed by atoms with E-state index in [2.05, 4.69) is 0 Å². The van der Waals surface area contributed by atoms with Crippen LogP contribution >= 0.6 is 0 Å². The zero-order valence-electron chi connectivity index (χ0n) is 15.3. The molecule has 2 aliphatic carbocycles. The third-order valence-electron chi connectivity index (χ3n) is 5.32. The molecule has 1 unspecified atom stereocenters. The SMILES string of the molecule is COC(=O)C1(C(=O)OC)CC(S(=O)(=O)c2ccccc2)=C2CCC=CC2C1. The number of ether oxygens (including phenoxy) is 2. The van der Waals surface area contributed by atoms with Gasteiger partial charge >= 0.3 is 11.9 Å². The monoisotopic (exact) mass is 390 g/mol. The molecule has 1 aromatic carbocycles. The number of fused-ring (bicyclic) bond motifs is 1. The van der Waals surface area contributed by atoms with Crippen LogP contribution in [0, 0.1) is 11.3 Å². The number of benzene rings is 1. The molecule has 0 fully saturated rings. The van der Waals surface area contributed by atoms with Crippen LogP contribution in [0.5, 0.6) is 0 Å². The molecule has 2 aliphatic rings. The molecule has 0 aromatic heterocycles. The molecule has 0 saturated heterocycles. The van der Waals surface area contributed by atoms with E-state index in [9.17, 15) is 18.0 Å². The van der Waals surface area contributed by atoms with Gasteiger partial charge in [0.1, 0.15) is 0 Å². The van der Waals surface area contributed by atoms with Gasteiger partial charge in [-0.1, -0.05) is 30.4 Å². The van der Waals surface area contributed by atoms with Crippen LogP contribution in [0.1, 0.15) is 25.7 Å². The number of esters is 2. The Morgan fingerprint density at radius 1 is 1.07 bits per heavy atom. The maximum absolute atomic E-state index is 13.4. The molecule has 6 nitrogen and oxygen atoms in total. The molecule has 27 heavy (non-hydrogen) atoms. The summed E-state index contributed by atoms with van der Waals surface area (Å²) in [5, 5.41) is 0. The number of hydrogen-bond donors (Lipinski definition) is 0. The zero-order valence-corrected chi connectivity index (χ0v) is 16.1. The smallest absolute Gasteiger partial charge is 0.323 e. The maximum atomic E-state index is 13.4. The Bertz CT molecular complexity index is 895. The Morgan fingerprint density at radius 3 is 2.30 bits per heavy atom. The predicted octanol–water partition coefficient (Wildman–Crippen LogP) is 2.81. The first-order valence-corrected chi connectivity index (χ1v) is 10.2. The van der Waals surface area contributed by atoms with Crippen LogP contribution in [-0.4, -0.2) is 34.6 Å². The summed E-state index contributed by atoms with van der Waals surface area (Å²) in [7, 11) is -1.48. The second kappa shape index (κ2) is 7.31. The first-order valence-electron chi connectivity index (χ1n) is 8.72. The molecule has 3 rings (SSSR count). The molecule has 0 aliphatic heterocycles. The van der Waals surface area contributed by atoms with Crippen LogP contribution in [-0.2, 0) is 28.9 Å². The van der Waals surface area contributed by atoms with E-state index in [1.165, 1.54) is 26.4 Å². The van der Waals surface area contributed by atoms with Crippen LogP contribution < -0.4 is 0 Å². The first-order chi connectivity index (χ1) is 12.9. The zero-order chi connectivity index (χ0) is 19.7. The van der Waals surface area contributed by atoms with Crippen molar-refractivity contribution in [1.29, 1.82) is 0 Å². The Kier molecular flexibility index (Phi) is 5.24. The largest absolute Gasteiger partial charge is 0.468 e. The highest BCUT2D eigenvalue weighted by Gasteiger charge is 2.55. The van der Waals surface area contributed by atoms with Gasteiger partial charge in [-0.2, -0.15) is 0 Å². The van der Waals surface area contributed by atoms with Crippen LogP contribution in [0.15, 0.2) is 57.9 Å². The molecule has 0 amide bonds. The average Bonchev–Trinajstić information content (AvgIpc) is 2.72. The lowest BCUT2D eigenvalue weighted by atomic mass is 9.67. The molecule has 7 heteroatoms. The van der Waals surface area contributed by atoms with Gasteiger partial charge in [-0.25, -0.2) is 8.42 Å². The van der Waals surface area contributed by atoms with Gasteiger partial charge < -0.3 is 9.47 Å². The molecule has 144 valence electrons. The highest BCUT2D eigenvalue weighted by molar-refractivity contribution is 7.95. The van der Waals surface area contributed by atoms with Crippen molar-refractivity contribution < 1.29 is 27.5 Å². The minimum Gasteiger partial charge on any atom is -0.468 e. The van der Waals surface area contributed by atoms with Gasteiger partial charge in [0, 0.05) is 12.3 Å². The third-order valence-corrected chi connectivity index (χ3v) is 7.26. The lowest BCUT2D eigenvalue weighted by Gasteiger charge is -2.39. The Balaban J connectivity index is 2.21. The van der Waals surface area contributed by atoms with E-state index in [0.29, 0.717) is 6.42 Å².